The molecule has 7 nitrogen and oxygen atoms in total. The van der Waals surface area contributed by atoms with Gasteiger partial charge >= 0.3 is 6.03 Å². The molecule has 1 aliphatic rings. The number of aliphatic hydroxyl groups is 1. The predicted octanol–water partition coefficient (Wildman–Crippen LogP) is 1.93. The molecule has 7 heteroatoms. The van der Waals surface area contributed by atoms with Crippen molar-refractivity contribution in [3.05, 3.63) is 41.5 Å². The summed E-state index contributed by atoms with van der Waals surface area (Å²) in [7, 11) is 0. The van der Waals surface area contributed by atoms with Gasteiger partial charge < -0.3 is 15.3 Å². The van der Waals surface area contributed by atoms with Crippen LogP contribution in [0.1, 0.15) is 30.1 Å². The van der Waals surface area contributed by atoms with Crippen molar-refractivity contribution in [3.63, 3.8) is 0 Å². The summed E-state index contributed by atoms with van der Waals surface area (Å²) in [6.45, 7) is 5.47. The average molecular weight is 329 g/mol. The molecule has 1 aromatic heterocycles. The Labute approximate surface area is 141 Å². The molecule has 1 atom stereocenters. The molecule has 1 unspecified atom stereocenters. The third-order valence-electron chi connectivity index (χ3n) is 4.16. The number of urea groups is 1. The van der Waals surface area contributed by atoms with Crippen molar-refractivity contribution in [2.24, 2.45) is 0 Å². The van der Waals surface area contributed by atoms with Crippen LogP contribution in [-0.2, 0) is 6.54 Å². The fraction of sp³-hybridized carbons (Fsp3) is 0.471. The minimum atomic E-state index is -0.422. The Hall–Kier alpha value is -2.41. The minimum Gasteiger partial charge on any atom is -0.391 e. The Balaban J connectivity index is 1.66. The predicted molar refractivity (Wildman–Crippen MR) is 90.9 cm³/mol. The van der Waals surface area contributed by atoms with Gasteiger partial charge in [-0.05, 0) is 44.4 Å². The van der Waals surface area contributed by atoms with Crippen LogP contribution in [0, 0.1) is 13.8 Å². The number of nitrogens with one attached hydrogen (secondary N) is 1. The number of piperidine rings is 1. The molecule has 1 aromatic carbocycles. The second-order valence-electron chi connectivity index (χ2n) is 6.24. The van der Waals surface area contributed by atoms with Crippen LogP contribution in [-0.4, -0.2) is 50.0 Å². The second kappa shape index (κ2) is 7.00. The van der Waals surface area contributed by atoms with E-state index in [4.69, 9.17) is 0 Å². The Kier molecular flexibility index (Phi) is 4.80. The molecule has 2 heterocycles. The SMILES string of the molecule is Cc1nc(C)n(Cc2cccc(NC(=O)N3CCCC(O)C3)c2)n1. The van der Waals surface area contributed by atoms with Crippen molar-refractivity contribution in [2.45, 2.75) is 39.3 Å². The fourth-order valence-corrected chi connectivity index (χ4v) is 2.97. The summed E-state index contributed by atoms with van der Waals surface area (Å²) >= 11 is 0. The standard InChI is InChI=1S/C17H23N5O2/c1-12-18-13(2)22(20-12)10-14-5-3-6-15(9-14)19-17(24)21-8-4-7-16(23)11-21/h3,5-6,9,16,23H,4,7-8,10-11H2,1-2H3,(H,19,24). The number of β-amino-alcohol motifs (C(OH)–C–C–N with tert-alkyl or cyclic N) is 1. The Morgan fingerprint density at radius 2 is 2.25 bits per heavy atom. The number of carbonyl (C=O) groups is 1. The Morgan fingerprint density at radius 3 is 2.96 bits per heavy atom. The molecule has 24 heavy (non-hydrogen) atoms. The van der Waals surface area contributed by atoms with E-state index in [2.05, 4.69) is 15.4 Å². The molecule has 3 rings (SSSR count). The molecular weight excluding hydrogens is 306 g/mol. The molecule has 0 saturated carbocycles. The lowest BCUT2D eigenvalue weighted by molar-refractivity contribution is 0.0883. The molecule has 1 aliphatic heterocycles. The highest BCUT2D eigenvalue weighted by Crippen LogP contribution is 2.15. The Morgan fingerprint density at radius 1 is 1.42 bits per heavy atom. The largest absolute Gasteiger partial charge is 0.391 e. The fourth-order valence-electron chi connectivity index (χ4n) is 2.97. The van der Waals surface area contributed by atoms with E-state index in [-0.39, 0.29) is 6.03 Å². The summed E-state index contributed by atoms with van der Waals surface area (Å²) in [5.74, 6) is 1.62. The van der Waals surface area contributed by atoms with Crippen LogP contribution in [0.4, 0.5) is 10.5 Å². The van der Waals surface area contributed by atoms with E-state index >= 15 is 0 Å². The van der Waals surface area contributed by atoms with Gasteiger partial charge in [0, 0.05) is 18.8 Å². The van der Waals surface area contributed by atoms with E-state index in [1.807, 2.05) is 42.8 Å². The first kappa shape index (κ1) is 16.4. The molecule has 0 radical (unpaired) electrons. The molecule has 2 aromatic rings. The van der Waals surface area contributed by atoms with Crippen LogP contribution >= 0.6 is 0 Å². The smallest absolute Gasteiger partial charge is 0.321 e. The van der Waals surface area contributed by atoms with Gasteiger partial charge in [0.25, 0.3) is 0 Å². The molecule has 128 valence electrons. The number of carbonyl (C=O) groups excluding carboxylic acids is 1. The molecular formula is C17H23N5O2. The van der Waals surface area contributed by atoms with Gasteiger partial charge in [-0.15, -0.1) is 0 Å². The zero-order valence-corrected chi connectivity index (χ0v) is 14.1. The van der Waals surface area contributed by atoms with E-state index in [0.717, 1.165) is 35.7 Å². The zero-order valence-electron chi connectivity index (χ0n) is 14.1. The lowest BCUT2D eigenvalue weighted by atomic mass is 10.1. The third kappa shape index (κ3) is 3.91. The number of benzene rings is 1. The van der Waals surface area contributed by atoms with Crippen molar-refractivity contribution < 1.29 is 9.90 Å². The minimum absolute atomic E-state index is 0.168. The number of hydrogen-bond donors (Lipinski definition) is 2. The van der Waals surface area contributed by atoms with Crippen LogP contribution in [0.25, 0.3) is 0 Å². The number of aliphatic hydroxyl groups excluding tert-OH is 1. The van der Waals surface area contributed by atoms with Gasteiger partial charge in [0.05, 0.1) is 12.6 Å². The lowest BCUT2D eigenvalue weighted by Crippen LogP contribution is -2.44. The lowest BCUT2D eigenvalue weighted by Gasteiger charge is -2.30. The van der Waals surface area contributed by atoms with E-state index in [1.165, 1.54) is 0 Å². The second-order valence-corrected chi connectivity index (χ2v) is 6.24. The first-order chi connectivity index (χ1) is 11.5. The van der Waals surface area contributed by atoms with Crippen molar-refractivity contribution in [2.75, 3.05) is 18.4 Å². The normalized spacial score (nSPS) is 17.8. The van der Waals surface area contributed by atoms with E-state index in [9.17, 15) is 9.90 Å². The summed E-state index contributed by atoms with van der Waals surface area (Å²) in [5.41, 5.74) is 1.78. The maximum Gasteiger partial charge on any atom is 0.321 e. The van der Waals surface area contributed by atoms with Crippen LogP contribution in [0.3, 0.4) is 0 Å². The zero-order chi connectivity index (χ0) is 17.1. The summed E-state index contributed by atoms with van der Waals surface area (Å²) in [6.07, 6.45) is 1.17. The van der Waals surface area contributed by atoms with Gasteiger partial charge in [-0.1, -0.05) is 12.1 Å². The summed E-state index contributed by atoms with van der Waals surface area (Å²) in [4.78, 5) is 18.3. The summed E-state index contributed by atoms with van der Waals surface area (Å²) in [6, 6.07) is 7.54. The highest BCUT2D eigenvalue weighted by molar-refractivity contribution is 5.89. The molecule has 0 spiro atoms. The van der Waals surface area contributed by atoms with Crippen molar-refractivity contribution in [1.82, 2.24) is 19.7 Å². The average Bonchev–Trinajstić information content (AvgIpc) is 2.85. The van der Waals surface area contributed by atoms with E-state index in [1.54, 1.807) is 4.90 Å². The van der Waals surface area contributed by atoms with E-state index < -0.39 is 6.10 Å². The van der Waals surface area contributed by atoms with Gasteiger partial charge in [-0.2, -0.15) is 5.10 Å². The topological polar surface area (TPSA) is 83.3 Å². The molecule has 2 amide bonds. The van der Waals surface area contributed by atoms with Gasteiger partial charge in [0.15, 0.2) is 0 Å². The number of hydrogen-bond acceptors (Lipinski definition) is 4. The van der Waals surface area contributed by atoms with Crippen molar-refractivity contribution in [3.8, 4) is 0 Å². The number of anilines is 1. The van der Waals surface area contributed by atoms with Crippen LogP contribution in [0.2, 0.25) is 0 Å². The van der Waals surface area contributed by atoms with Crippen LogP contribution in [0.15, 0.2) is 24.3 Å². The van der Waals surface area contributed by atoms with Gasteiger partial charge in [0.2, 0.25) is 0 Å². The number of nitrogens with zero attached hydrogens (tertiary/aromatic N) is 4. The number of aryl methyl sites for hydroxylation is 2. The molecule has 1 fully saturated rings. The van der Waals surface area contributed by atoms with Crippen LogP contribution in [0.5, 0.6) is 0 Å². The first-order valence-electron chi connectivity index (χ1n) is 8.22. The van der Waals surface area contributed by atoms with Crippen molar-refractivity contribution in [1.29, 1.82) is 0 Å². The number of amides is 2. The van der Waals surface area contributed by atoms with Crippen molar-refractivity contribution >= 4 is 11.7 Å². The van der Waals surface area contributed by atoms with Gasteiger partial charge in [0.1, 0.15) is 11.6 Å². The molecule has 0 bridgehead atoms. The monoisotopic (exact) mass is 329 g/mol. The maximum atomic E-state index is 12.3. The van der Waals surface area contributed by atoms with Gasteiger partial charge in [-0.3, -0.25) is 0 Å². The maximum absolute atomic E-state index is 12.3. The van der Waals surface area contributed by atoms with Crippen LogP contribution < -0.4 is 5.32 Å². The summed E-state index contributed by atoms with van der Waals surface area (Å²) < 4.78 is 1.84. The Bertz CT molecular complexity index is 728. The first-order valence-corrected chi connectivity index (χ1v) is 8.22. The quantitative estimate of drug-likeness (QED) is 0.901. The highest BCUT2D eigenvalue weighted by atomic mass is 16.3. The summed E-state index contributed by atoms with van der Waals surface area (Å²) in [5, 5.41) is 17.0. The molecule has 0 aliphatic carbocycles. The highest BCUT2D eigenvalue weighted by Gasteiger charge is 2.22. The third-order valence-corrected chi connectivity index (χ3v) is 4.16. The van der Waals surface area contributed by atoms with Gasteiger partial charge in [-0.25, -0.2) is 14.5 Å². The van der Waals surface area contributed by atoms with E-state index in [0.29, 0.717) is 19.6 Å². The molecule has 2 N–H and O–H groups in total. The number of rotatable bonds is 3. The molecule has 1 saturated heterocycles. The number of aromatic nitrogens is 3. The number of likely N-dealkylation sites (tertiary alicyclic amines) is 1.